The maximum atomic E-state index is 12.4. The number of ketones is 1. The topological polar surface area (TPSA) is 83.6 Å². The zero-order valence-electron chi connectivity index (χ0n) is 13.7. The van der Waals surface area contributed by atoms with E-state index in [9.17, 15) is 18.0 Å². The van der Waals surface area contributed by atoms with Crippen LogP contribution < -0.4 is 9.62 Å². The van der Waals surface area contributed by atoms with Gasteiger partial charge in [-0.25, -0.2) is 8.42 Å². The van der Waals surface area contributed by atoms with Crippen LogP contribution in [-0.2, 0) is 10.0 Å². The molecule has 2 aromatic rings. The van der Waals surface area contributed by atoms with Crippen LogP contribution >= 0.6 is 0 Å². The van der Waals surface area contributed by atoms with Gasteiger partial charge in [0.1, 0.15) is 0 Å². The third kappa shape index (κ3) is 3.71. The number of anilines is 2. The summed E-state index contributed by atoms with van der Waals surface area (Å²) in [6.45, 7) is 1.91. The highest BCUT2D eigenvalue weighted by Crippen LogP contribution is 2.25. The summed E-state index contributed by atoms with van der Waals surface area (Å²) in [7, 11) is -3.28. The van der Waals surface area contributed by atoms with Crippen molar-refractivity contribution in [2.45, 2.75) is 13.3 Å². The van der Waals surface area contributed by atoms with Gasteiger partial charge in [-0.1, -0.05) is 6.07 Å². The summed E-state index contributed by atoms with van der Waals surface area (Å²) in [6, 6.07) is 13.1. The fourth-order valence-electron chi connectivity index (χ4n) is 2.72. The number of nitrogens with one attached hydrogen (secondary N) is 1. The predicted molar refractivity (Wildman–Crippen MR) is 96.6 cm³/mol. The molecule has 2 aromatic carbocycles. The Morgan fingerprint density at radius 3 is 2.36 bits per heavy atom. The molecule has 1 N–H and O–H groups in total. The molecule has 0 bridgehead atoms. The minimum atomic E-state index is -3.28. The molecule has 1 amide bonds. The average Bonchev–Trinajstić information content (AvgIpc) is 2.94. The van der Waals surface area contributed by atoms with E-state index < -0.39 is 10.0 Å². The lowest BCUT2D eigenvalue weighted by Crippen LogP contribution is -2.25. The summed E-state index contributed by atoms with van der Waals surface area (Å²) >= 11 is 0. The van der Waals surface area contributed by atoms with Crippen molar-refractivity contribution in [1.29, 1.82) is 0 Å². The first-order valence-corrected chi connectivity index (χ1v) is 9.50. The van der Waals surface area contributed by atoms with Gasteiger partial charge in [0.2, 0.25) is 10.0 Å². The summed E-state index contributed by atoms with van der Waals surface area (Å²) in [5.41, 5.74) is 2.00. The minimum Gasteiger partial charge on any atom is -0.322 e. The lowest BCUT2D eigenvalue weighted by atomic mass is 10.1. The molecule has 6 nitrogen and oxygen atoms in total. The first-order chi connectivity index (χ1) is 11.9. The van der Waals surface area contributed by atoms with Gasteiger partial charge in [-0.05, 0) is 55.8 Å². The molecule has 25 heavy (non-hydrogen) atoms. The van der Waals surface area contributed by atoms with Crippen LogP contribution in [0.15, 0.2) is 48.5 Å². The molecule has 0 radical (unpaired) electrons. The van der Waals surface area contributed by atoms with Gasteiger partial charge in [0, 0.05) is 23.4 Å². The van der Waals surface area contributed by atoms with Crippen LogP contribution in [0.25, 0.3) is 0 Å². The molecular formula is C18H18N2O4S. The van der Waals surface area contributed by atoms with Gasteiger partial charge in [0.05, 0.1) is 11.4 Å². The number of carbonyl (C=O) groups is 2. The standard InChI is InChI=1S/C18H18N2O4S/c1-13(21)14-6-8-16(9-7-14)19-18(22)15-4-2-5-17(12-15)20-10-3-11-25(20,23)24/h2,4-9,12H,3,10-11H2,1H3,(H,19,22). The van der Waals surface area contributed by atoms with Crippen LogP contribution in [0.1, 0.15) is 34.1 Å². The van der Waals surface area contributed by atoms with E-state index in [1.165, 1.54) is 11.2 Å². The third-order valence-corrected chi connectivity index (χ3v) is 5.91. The van der Waals surface area contributed by atoms with Crippen molar-refractivity contribution in [3.63, 3.8) is 0 Å². The maximum Gasteiger partial charge on any atom is 0.255 e. The van der Waals surface area contributed by atoms with E-state index in [-0.39, 0.29) is 17.4 Å². The number of hydrogen-bond acceptors (Lipinski definition) is 4. The number of amides is 1. The Morgan fingerprint density at radius 2 is 1.76 bits per heavy atom. The van der Waals surface area contributed by atoms with E-state index in [1.807, 2.05) is 0 Å². The second-order valence-corrected chi connectivity index (χ2v) is 7.89. The second-order valence-electron chi connectivity index (χ2n) is 5.88. The van der Waals surface area contributed by atoms with Gasteiger partial charge >= 0.3 is 0 Å². The average molecular weight is 358 g/mol. The molecule has 0 unspecified atom stereocenters. The highest BCUT2D eigenvalue weighted by molar-refractivity contribution is 7.93. The fraction of sp³-hybridized carbons (Fsp3) is 0.222. The second kappa shape index (κ2) is 6.68. The molecule has 0 spiro atoms. The van der Waals surface area contributed by atoms with Crippen molar-refractivity contribution in [3.8, 4) is 0 Å². The zero-order chi connectivity index (χ0) is 18.0. The summed E-state index contributed by atoms with van der Waals surface area (Å²) in [6.07, 6.45) is 0.585. The maximum absolute atomic E-state index is 12.4. The van der Waals surface area contributed by atoms with Gasteiger partial charge in [0.15, 0.2) is 5.78 Å². The van der Waals surface area contributed by atoms with Gasteiger partial charge < -0.3 is 5.32 Å². The van der Waals surface area contributed by atoms with Crippen LogP contribution in [-0.4, -0.2) is 32.4 Å². The molecule has 130 valence electrons. The SMILES string of the molecule is CC(=O)c1ccc(NC(=O)c2cccc(N3CCCS3(=O)=O)c2)cc1. The molecule has 0 saturated carbocycles. The van der Waals surface area contributed by atoms with Crippen molar-refractivity contribution >= 4 is 33.1 Å². The van der Waals surface area contributed by atoms with Crippen LogP contribution in [0.4, 0.5) is 11.4 Å². The predicted octanol–water partition coefficient (Wildman–Crippen LogP) is 2.68. The summed E-state index contributed by atoms with van der Waals surface area (Å²) in [5.74, 6) is -0.252. The smallest absolute Gasteiger partial charge is 0.255 e. The number of Topliss-reactive ketones (excluding diaryl/α,β-unsaturated/α-hetero) is 1. The third-order valence-electron chi connectivity index (χ3n) is 4.04. The quantitative estimate of drug-likeness (QED) is 0.852. The number of hydrogen-bond donors (Lipinski definition) is 1. The van der Waals surface area contributed by atoms with Crippen molar-refractivity contribution in [1.82, 2.24) is 0 Å². The molecule has 1 aliphatic rings. The molecule has 0 aromatic heterocycles. The van der Waals surface area contributed by atoms with E-state index >= 15 is 0 Å². The first kappa shape index (κ1) is 17.2. The number of benzene rings is 2. The first-order valence-electron chi connectivity index (χ1n) is 7.90. The molecule has 0 aliphatic carbocycles. The van der Waals surface area contributed by atoms with E-state index in [2.05, 4.69) is 5.32 Å². The number of carbonyl (C=O) groups excluding carboxylic acids is 2. The molecular weight excluding hydrogens is 340 g/mol. The molecule has 1 heterocycles. The van der Waals surface area contributed by atoms with E-state index in [1.54, 1.807) is 48.5 Å². The Labute approximate surface area is 146 Å². The lowest BCUT2D eigenvalue weighted by molar-refractivity contribution is 0.101. The Hall–Kier alpha value is -2.67. The van der Waals surface area contributed by atoms with Crippen LogP contribution in [0.5, 0.6) is 0 Å². The minimum absolute atomic E-state index is 0.0441. The monoisotopic (exact) mass is 358 g/mol. The molecule has 1 fully saturated rings. The van der Waals surface area contributed by atoms with Crippen molar-refractivity contribution < 1.29 is 18.0 Å². The molecule has 7 heteroatoms. The largest absolute Gasteiger partial charge is 0.322 e. The Balaban J connectivity index is 1.79. The summed E-state index contributed by atoms with van der Waals surface area (Å²) < 4.78 is 25.4. The van der Waals surface area contributed by atoms with Crippen molar-refractivity contribution in [3.05, 3.63) is 59.7 Å². The normalized spacial score (nSPS) is 15.8. The van der Waals surface area contributed by atoms with Gasteiger partial charge in [-0.2, -0.15) is 0 Å². The van der Waals surface area contributed by atoms with Gasteiger partial charge in [0.25, 0.3) is 5.91 Å². The van der Waals surface area contributed by atoms with E-state index in [4.69, 9.17) is 0 Å². The fourth-order valence-corrected chi connectivity index (χ4v) is 4.28. The van der Waals surface area contributed by atoms with E-state index in [0.29, 0.717) is 35.5 Å². The van der Waals surface area contributed by atoms with Gasteiger partial charge in [-0.3, -0.25) is 13.9 Å². The summed E-state index contributed by atoms with van der Waals surface area (Å²) in [4.78, 5) is 23.7. The molecule has 3 rings (SSSR count). The van der Waals surface area contributed by atoms with Gasteiger partial charge in [-0.15, -0.1) is 0 Å². The van der Waals surface area contributed by atoms with Crippen molar-refractivity contribution in [2.75, 3.05) is 21.9 Å². The van der Waals surface area contributed by atoms with Crippen LogP contribution in [0, 0.1) is 0 Å². The lowest BCUT2D eigenvalue weighted by Gasteiger charge is -2.17. The number of sulfonamides is 1. The molecule has 0 atom stereocenters. The molecule has 1 aliphatic heterocycles. The van der Waals surface area contributed by atoms with Crippen LogP contribution in [0.2, 0.25) is 0 Å². The zero-order valence-corrected chi connectivity index (χ0v) is 14.5. The van der Waals surface area contributed by atoms with Crippen LogP contribution in [0.3, 0.4) is 0 Å². The number of nitrogens with zero attached hydrogens (tertiary/aromatic N) is 1. The Bertz CT molecular complexity index is 920. The highest BCUT2D eigenvalue weighted by Gasteiger charge is 2.28. The Kier molecular flexibility index (Phi) is 4.59. The Morgan fingerprint density at radius 1 is 1.04 bits per heavy atom. The van der Waals surface area contributed by atoms with E-state index in [0.717, 1.165) is 0 Å². The summed E-state index contributed by atoms with van der Waals surface area (Å²) in [5, 5.41) is 2.74. The highest BCUT2D eigenvalue weighted by atomic mass is 32.2. The molecule has 1 saturated heterocycles. The number of rotatable bonds is 4. The van der Waals surface area contributed by atoms with Crippen molar-refractivity contribution in [2.24, 2.45) is 0 Å².